The molecule has 0 unspecified atom stereocenters. The van der Waals surface area contributed by atoms with E-state index in [1.807, 2.05) is 22.7 Å². The quantitative estimate of drug-likeness (QED) is 0.123. The number of nitrogens with zero attached hydrogens (tertiary/aromatic N) is 2. The number of hydrogen-bond acceptors (Lipinski definition) is 5. The first-order valence-corrected chi connectivity index (χ1v) is 17.2. The first-order valence-electron chi connectivity index (χ1n) is 16.2. The van der Waals surface area contributed by atoms with Gasteiger partial charge in [0.2, 0.25) is 5.91 Å². The third-order valence-corrected chi connectivity index (χ3v) is 8.97. The van der Waals surface area contributed by atoms with E-state index in [2.05, 4.69) is 61.3 Å². The molecule has 0 bridgehead atoms. The van der Waals surface area contributed by atoms with Crippen LogP contribution in [0.15, 0.2) is 53.6 Å². The van der Waals surface area contributed by atoms with Gasteiger partial charge in [0.15, 0.2) is 11.5 Å². The lowest BCUT2D eigenvalue weighted by molar-refractivity contribution is -0.116. The SMILES string of the molecule is Br.CCCCCCCCCCCCCCOc1cc(CCN(C(C)=O)c2ccc(CN3C=C(C)SC3)cc2)ccc1OC. The summed E-state index contributed by atoms with van der Waals surface area (Å²) in [5.74, 6) is 2.61. The number of rotatable bonds is 21. The molecule has 1 amide bonds. The summed E-state index contributed by atoms with van der Waals surface area (Å²) < 4.78 is 11.7. The number of benzene rings is 2. The summed E-state index contributed by atoms with van der Waals surface area (Å²) in [7, 11) is 1.69. The van der Waals surface area contributed by atoms with Crippen LogP contribution < -0.4 is 14.4 Å². The Hall–Kier alpha value is -2.12. The monoisotopic (exact) mass is 674 g/mol. The number of hydrogen-bond donors (Lipinski definition) is 0. The molecule has 5 nitrogen and oxygen atoms in total. The van der Waals surface area contributed by atoms with Gasteiger partial charge in [-0.1, -0.05) is 95.8 Å². The number of carbonyl (C=O) groups excluding carboxylic acids is 1. The lowest BCUT2D eigenvalue weighted by Gasteiger charge is -2.22. The van der Waals surface area contributed by atoms with Crippen LogP contribution in [-0.2, 0) is 17.8 Å². The molecule has 0 fully saturated rings. The van der Waals surface area contributed by atoms with E-state index in [1.165, 1.54) is 81.1 Å². The fraction of sp³-hybridized carbons (Fsp3) is 0.583. The molecule has 43 heavy (non-hydrogen) atoms. The van der Waals surface area contributed by atoms with Crippen LogP contribution in [0.2, 0.25) is 0 Å². The molecule has 0 aliphatic carbocycles. The Labute approximate surface area is 276 Å². The van der Waals surface area contributed by atoms with Crippen LogP contribution in [0.1, 0.15) is 109 Å². The molecule has 7 heteroatoms. The van der Waals surface area contributed by atoms with Gasteiger partial charge in [0, 0.05) is 31.9 Å². The first kappa shape index (κ1) is 37.1. The van der Waals surface area contributed by atoms with Crippen molar-refractivity contribution in [2.75, 3.05) is 31.0 Å². The Bertz CT molecular complexity index is 1090. The molecule has 0 atom stereocenters. The maximum absolute atomic E-state index is 12.5. The minimum absolute atomic E-state index is 0. The van der Waals surface area contributed by atoms with Gasteiger partial charge in [-0.25, -0.2) is 0 Å². The van der Waals surface area contributed by atoms with Gasteiger partial charge in [-0.2, -0.15) is 0 Å². The molecule has 0 spiro atoms. The largest absolute Gasteiger partial charge is 0.493 e. The summed E-state index contributed by atoms with van der Waals surface area (Å²) in [6, 6.07) is 14.5. The molecule has 240 valence electrons. The average Bonchev–Trinajstić information content (AvgIpc) is 3.40. The Morgan fingerprint density at radius 3 is 2.02 bits per heavy atom. The lowest BCUT2D eigenvalue weighted by atomic mass is 10.1. The highest BCUT2D eigenvalue weighted by Crippen LogP contribution is 2.29. The molecule has 3 rings (SSSR count). The van der Waals surface area contributed by atoms with Gasteiger partial charge in [0.25, 0.3) is 0 Å². The minimum atomic E-state index is 0. The standard InChI is InChI=1S/C36H54N2O3S.BrH/c1-5-6-7-8-9-10-11-12-13-14-15-16-25-41-36-26-32(19-22-35(36)40-4)23-24-38(31(3)39)34-20-17-33(18-21-34)28-37-27-30(2)42-29-37;/h17-22,26-27H,5-16,23-25,28-29H2,1-4H3;1H. The molecule has 0 radical (unpaired) electrons. The summed E-state index contributed by atoms with van der Waals surface area (Å²) in [5.41, 5.74) is 3.32. The summed E-state index contributed by atoms with van der Waals surface area (Å²) in [6.07, 6.45) is 18.9. The first-order chi connectivity index (χ1) is 20.5. The van der Waals surface area contributed by atoms with E-state index in [0.29, 0.717) is 13.2 Å². The zero-order valence-electron chi connectivity index (χ0n) is 27.1. The highest BCUT2D eigenvalue weighted by atomic mass is 79.9. The Balaban J connectivity index is 0.00000645. The van der Waals surface area contributed by atoms with Crippen molar-refractivity contribution in [2.45, 2.75) is 111 Å². The second-order valence-electron chi connectivity index (χ2n) is 11.6. The van der Waals surface area contributed by atoms with Crippen LogP contribution in [-0.4, -0.2) is 36.9 Å². The van der Waals surface area contributed by atoms with E-state index < -0.39 is 0 Å². The van der Waals surface area contributed by atoms with Crippen LogP contribution in [0.25, 0.3) is 0 Å². The van der Waals surface area contributed by atoms with Crippen molar-refractivity contribution >= 4 is 40.3 Å². The van der Waals surface area contributed by atoms with Crippen molar-refractivity contribution in [3.63, 3.8) is 0 Å². The van der Waals surface area contributed by atoms with Crippen LogP contribution in [0.5, 0.6) is 11.5 Å². The van der Waals surface area contributed by atoms with Crippen molar-refractivity contribution in [3.05, 3.63) is 64.7 Å². The normalized spacial score (nSPS) is 12.6. The molecular formula is C36H55BrN2O3S. The molecule has 1 aliphatic rings. The zero-order chi connectivity index (χ0) is 30.0. The molecule has 0 saturated heterocycles. The smallest absolute Gasteiger partial charge is 0.223 e. The van der Waals surface area contributed by atoms with Gasteiger partial charge in [0.05, 0.1) is 19.6 Å². The number of allylic oxidation sites excluding steroid dienone is 1. The van der Waals surface area contributed by atoms with E-state index in [4.69, 9.17) is 9.47 Å². The number of carbonyl (C=O) groups is 1. The van der Waals surface area contributed by atoms with Crippen molar-refractivity contribution in [1.82, 2.24) is 4.90 Å². The number of methoxy groups -OCH3 is 1. The summed E-state index contributed by atoms with van der Waals surface area (Å²) >= 11 is 1.87. The van der Waals surface area contributed by atoms with Gasteiger partial charge >= 0.3 is 0 Å². The molecule has 0 aromatic heterocycles. The van der Waals surface area contributed by atoms with E-state index in [1.54, 1.807) is 14.0 Å². The van der Waals surface area contributed by atoms with Crippen LogP contribution in [0.4, 0.5) is 5.69 Å². The van der Waals surface area contributed by atoms with E-state index in [9.17, 15) is 4.79 Å². The van der Waals surface area contributed by atoms with Crippen LogP contribution >= 0.6 is 28.7 Å². The topological polar surface area (TPSA) is 42.0 Å². The highest BCUT2D eigenvalue weighted by Gasteiger charge is 2.14. The Morgan fingerprint density at radius 2 is 1.47 bits per heavy atom. The third kappa shape index (κ3) is 14.0. The molecule has 2 aromatic rings. The maximum atomic E-state index is 12.5. The third-order valence-electron chi connectivity index (χ3n) is 7.94. The van der Waals surface area contributed by atoms with Gasteiger partial charge in [-0.3, -0.25) is 4.79 Å². The molecular weight excluding hydrogens is 620 g/mol. The van der Waals surface area contributed by atoms with E-state index in [0.717, 1.165) is 48.0 Å². The predicted octanol–water partition coefficient (Wildman–Crippen LogP) is 10.3. The number of amides is 1. The summed E-state index contributed by atoms with van der Waals surface area (Å²) in [4.78, 5) is 18.1. The van der Waals surface area contributed by atoms with E-state index >= 15 is 0 Å². The van der Waals surface area contributed by atoms with Crippen molar-refractivity contribution in [1.29, 1.82) is 0 Å². The minimum Gasteiger partial charge on any atom is -0.493 e. The van der Waals surface area contributed by atoms with Gasteiger partial charge in [-0.05, 0) is 60.1 Å². The number of anilines is 1. The predicted molar refractivity (Wildman–Crippen MR) is 190 cm³/mol. The number of thioether (sulfide) groups is 1. The van der Waals surface area contributed by atoms with Crippen molar-refractivity contribution in [3.8, 4) is 11.5 Å². The number of unbranched alkanes of at least 4 members (excludes halogenated alkanes) is 11. The lowest BCUT2D eigenvalue weighted by Crippen LogP contribution is -2.30. The van der Waals surface area contributed by atoms with Crippen molar-refractivity contribution in [2.24, 2.45) is 0 Å². The zero-order valence-corrected chi connectivity index (χ0v) is 29.6. The van der Waals surface area contributed by atoms with Crippen molar-refractivity contribution < 1.29 is 14.3 Å². The summed E-state index contributed by atoms with van der Waals surface area (Å²) in [6.45, 7) is 8.27. The van der Waals surface area contributed by atoms with Gasteiger partial charge in [-0.15, -0.1) is 28.7 Å². The molecule has 1 aliphatic heterocycles. The number of halogens is 1. The molecule has 2 aromatic carbocycles. The fourth-order valence-electron chi connectivity index (χ4n) is 5.45. The number of ether oxygens (including phenoxy) is 2. The summed E-state index contributed by atoms with van der Waals surface area (Å²) in [5, 5.41) is 0. The second kappa shape index (κ2) is 21.6. The van der Waals surface area contributed by atoms with Gasteiger partial charge in [0.1, 0.15) is 0 Å². The Kier molecular flexibility index (Phi) is 18.6. The average molecular weight is 676 g/mol. The molecule has 1 heterocycles. The fourth-order valence-corrected chi connectivity index (χ4v) is 6.21. The highest BCUT2D eigenvalue weighted by molar-refractivity contribution is 8.93. The van der Waals surface area contributed by atoms with Crippen LogP contribution in [0, 0.1) is 0 Å². The second-order valence-corrected chi connectivity index (χ2v) is 12.8. The molecule has 0 N–H and O–H groups in total. The Morgan fingerprint density at radius 1 is 0.860 bits per heavy atom. The molecule has 0 saturated carbocycles. The van der Waals surface area contributed by atoms with Gasteiger partial charge < -0.3 is 19.3 Å². The van der Waals surface area contributed by atoms with E-state index in [-0.39, 0.29) is 22.9 Å². The van der Waals surface area contributed by atoms with Crippen LogP contribution in [0.3, 0.4) is 0 Å². The maximum Gasteiger partial charge on any atom is 0.223 e.